The maximum absolute atomic E-state index is 12.3. The van der Waals surface area contributed by atoms with Crippen molar-refractivity contribution in [2.45, 2.75) is 33.0 Å². The van der Waals surface area contributed by atoms with Crippen LogP contribution in [0.4, 0.5) is 5.69 Å². The minimum Gasteiger partial charge on any atom is -0.495 e. The third kappa shape index (κ3) is 4.35. The van der Waals surface area contributed by atoms with E-state index in [0.717, 1.165) is 18.7 Å². The molecule has 1 amide bonds. The molecule has 1 N–H and O–H groups in total. The van der Waals surface area contributed by atoms with Crippen molar-refractivity contribution < 1.29 is 14.3 Å². The molecule has 1 aromatic carbocycles. The van der Waals surface area contributed by atoms with E-state index in [1.165, 1.54) is 0 Å². The molecule has 0 aliphatic carbocycles. The van der Waals surface area contributed by atoms with Crippen LogP contribution in [0.15, 0.2) is 12.1 Å². The fraction of sp³-hybridized carbons (Fsp3) is 0.562. The fourth-order valence-electron chi connectivity index (χ4n) is 2.74. The van der Waals surface area contributed by atoms with Crippen LogP contribution in [0.25, 0.3) is 0 Å². The number of methoxy groups -OCH3 is 1. The standard InChI is InChI=1S/C16H23ClN2O3/c1-10-5-14(15(21-4)6-13(10)17)18-16(20)9-19-7-11(2)22-12(3)8-19/h5-6,11-12H,7-9H2,1-4H3,(H,18,20)/t11-,12-/m1/s1. The van der Waals surface area contributed by atoms with E-state index >= 15 is 0 Å². The van der Waals surface area contributed by atoms with Gasteiger partial charge in [-0.05, 0) is 32.4 Å². The van der Waals surface area contributed by atoms with Crippen molar-refractivity contribution in [3.63, 3.8) is 0 Å². The predicted octanol–water partition coefficient (Wildman–Crippen LogP) is 2.70. The molecule has 1 aliphatic rings. The largest absolute Gasteiger partial charge is 0.495 e. The number of halogens is 1. The molecule has 0 saturated carbocycles. The van der Waals surface area contributed by atoms with E-state index in [2.05, 4.69) is 10.2 Å². The molecule has 0 spiro atoms. The third-order valence-corrected chi connectivity index (χ3v) is 4.02. The van der Waals surface area contributed by atoms with E-state index in [-0.39, 0.29) is 18.1 Å². The summed E-state index contributed by atoms with van der Waals surface area (Å²) in [7, 11) is 1.56. The third-order valence-electron chi connectivity index (χ3n) is 3.62. The van der Waals surface area contributed by atoms with Gasteiger partial charge in [-0.3, -0.25) is 9.69 Å². The van der Waals surface area contributed by atoms with Gasteiger partial charge >= 0.3 is 0 Å². The number of amides is 1. The van der Waals surface area contributed by atoms with Crippen LogP contribution in [0, 0.1) is 6.92 Å². The molecule has 0 aromatic heterocycles. The number of carbonyl (C=O) groups is 1. The Morgan fingerprint density at radius 1 is 1.41 bits per heavy atom. The number of ether oxygens (including phenoxy) is 2. The highest BCUT2D eigenvalue weighted by molar-refractivity contribution is 6.31. The van der Waals surface area contributed by atoms with Gasteiger partial charge in [0.05, 0.1) is 31.5 Å². The first-order valence-corrected chi connectivity index (χ1v) is 7.78. The van der Waals surface area contributed by atoms with Crippen LogP contribution in [0.2, 0.25) is 5.02 Å². The summed E-state index contributed by atoms with van der Waals surface area (Å²) in [5, 5.41) is 3.52. The first-order chi connectivity index (χ1) is 10.4. The van der Waals surface area contributed by atoms with Gasteiger partial charge in [0, 0.05) is 24.2 Å². The normalized spacial score (nSPS) is 22.4. The van der Waals surface area contributed by atoms with Gasteiger partial charge in [-0.15, -0.1) is 0 Å². The average Bonchev–Trinajstić information content (AvgIpc) is 2.41. The monoisotopic (exact) mass is 326 g/mol. The lowest BCUT2D eigenvalue weighted by Gasteiger charge is -2.34. The van der Waals surface area contributed by atoms with Gasteiger partial charge in [0.2, 0.25) is 5.91 Å². The fourth-order valence-corrected chi connectivity index (χ4v) is 2.89. The second-order valence-corrected chi connectivity index (χ2v) is 6.21. The van der Waals surface area contributed by atoms with Crippen LogP contribution in [0.3, 0.4) is 0 Å². The molecule has 1 aromatic rings. The summed E-state index contributed by atoms with van der Waals surface area (Å²) < 4.78 is 10.9. The zero-order valence-corrected chi connectivity index (χ0v) is 14.2. The van der Waals surface area contributed by atoms with Gasteiger partial charge in [0.1, 0.15) is 5.75 Å². The van der Waals surface area contributed by atoms with Crippen molar-refractivity contribution >= 4 is 23.2 Å². The van der Waals surface area contributed by atoms with Gasteiger partial charge in [-0.25, -0.2) is 0 Å². The van der Waals surface area contributed by atoms with Crippen LogP contribution in [0.1, 0.15) is 19.4 Å². The summed E-state index contributed by atoms with van der Waals surface area (Å²) in [5.41, 5.74) is 1.54. The van der Waals surface area contributed by atoms with E-state index in [1.807, 2.05) is 26.8 Å². The lowest BCUT2D eigenvalue weighted by atomic mass is 10.2. The minimum atomic E-state index is -0.0682. The Kier molecular flexibility index (Phi) is 5.67. The van der Waals surface area contributed by atoms with Crippen LogP contribution >= 0.6 is 11.6 Å². The molecule has 0 bridgehead atoms. The maximum atomic E-state index is 12.3. The number of hydrogen-bond donors (Lipinski definition) is 1. The van der Waals surface area contributed by atoms with E-state index in [0.29, 0.717) is 23.0 Å². The molecule has 22 heavy (non-hydrogen) atoms. The van der Waals surface area contributed by atoms with Gasteiger partial charge < -0.3 is 14.8 Å². The van der Waals surface area contributed by atoms with Crippen LogP contribution < -0.4 is 10.1 Å². The number of nitrogens with one attached hydrogen (secondary N) is 1. The maximum Gasteiger partial charge on any atom is 0.238 e. The number of nitrogens with zero attached hydrogens (tertiary/aromatic N) is 1. The number of aryl methyl sites for hydroxylation is 1. The van der Waals surface area contributed by atoms with Crippen molar-refractivity contribution in [2.75, 3.05) is 32.1 Å². The second kappa shape index (κ2) is 7.31. The Morgan fingerprint density at radius 2 is 2.05 bits per heavy atom. The molecule has 6 heteroatoms. The van der Waals surface area contributed by atoms with Gasteiger partial charge in [0.25, 0.3) is 0 Å². The van der Waals surface area contributed by atoms with Gasteiger partial charge in [-0.2, -0.15) is 0 Å². The summed E-state index contributed by atoms with van der Waals surface area (Å²) >= 11 is 6.07. The summed E-state index contributed by atoms with van der Waals surface area (Å²) in [6.07, 6.45) is 0.285. The molecule has 2 atom stereocenters. The smallest absolute Gasteiger partial charge is 0.238 e. The van der Waals surface area contributed by atoms with Crippen LogP contribution in [-0.4, -0.2) is 49.8 Å². The van der Waals surface area contributed by atoms with Crippen LogP contribution in [-0.2, 0) is 9.53 Å². The summed E-state index contributed by atoms with van der Waals surface area (Å²) in [5.74, 6) is 0.494. The van der Waals surface area contributed by atoms with E-state index in [4.69, 9.17) is 21.1 Å². The van der Waals surface area contributed by atoms with Crippen molar-refractivity contribution in [3.8, 4) is 5.75 Å². The highest BCUT2D eigenvalue weighted by atomic mass is 35.5. The van der Waals surface area contributed by atoms with Crippen molar-refractivity contribution in [2.24, 2.45) is 0 Å². The summed E-state index contributed by atoms with van der Waals surface area (Å²) in [4.78, 5) is 14.4. The van der Waals surface area contributed by atoms with E-state index in [9.17, 15) is 4.79 Å². The second-order valence-electron chi connectivity index (χ2n) is 5.80. The topological polar surface area (TPSA) is 50.8 Å². The average molecular weight is 327 g/mol. The van der Waals surface area contributed by atoms with Crippen molar-refractivity contribution in [3.05, 3.63) is 22.7 Å². The van der Waals surface area contributed by atoms with Gasteiger partial charge in [-0.1, -0.05) is 11.6 Å². The molecule has 5 nitrogen and oxygen atoms in total. The quantitative estimate of drug-likeness (QED) is 0.924. The SMILES string of the molecule is COc1cc(Cl)c(C)cc1NC(=O)CN1C[C@@H](C)O[C@H](C)C1. The number of carbonyl (C=O) groups excluding carboxylic acids is 1. The highest BCUT2D eigenvalue weighted by Crippen LogP contribution is 2.30. The Bertz CT molecular complexity index is 540. The molecule has 2 rings (SSSR count). The summed E-state index contributed by atoms with van der Waals surface area (Å²) in [6.45, 7) is 7.78. The summed E-state index contributed by atoms with van der Waals surface area (Å²) in [6, 6.07) is 3.54. The van der Waals surface area contributed by atoms with Crippen LogP contribution in [0.5, 0.6) is 5.75 Å². The van der Waals surface area contributed by atoms with Crippen molar-refractivity contribution in [1.29, 1.82) is 0 Å². The number of benzene rings is 1. The predicted molar refractivity (Wildman–Crippen MR) is 87.8 cm³/mol. The lowest BCUT2D eigenvalue weighted by Crippen LogP contribution is -2.48. The molecule has 1 fully saturated rings. The lowest BCUT2D eigenvalue weighted by molar-refractivity contribution is -0.121. The minimum absolute atomic E-state index is 0.0682. The Labute approximate surface area is 136 Å². The molecule has 1 heterocycles. The van der Waals surface area contributed by atoms with Crippen molar-refractivity contribution in [1.82, 2.24) is 4.90 Å². The molecule has 122 valence electrons. The first kappa shape index (κ1) is 17.1. The zero-order chi connectivity index (χ0) is 16.3. The molecular weight excluding hydrogens is 304 g/mol. The Hall–Kier alpha value is -1.30. The molecule has 0 radical (unpaired) electrons. The van der Waals surface area contributed by atoms with Gasteiger partial charge in [0.15, 0.2) is 0 Å². The molecule has 1 saturated heterocycles. The first-order valence-electron chi connectivity index (χ1n) is 7.41. The Balaban J connectivity index is 2.01. The van der Waals surface area contributed by atoms with E-state index in [1.54, 1.807) is 13.2 Å². The molecule has 0 unspecified atom stereocenters. The highest BCUT2D eigenvalue weighted by Gasteiger charge is 2.24. The molecular formula is C16H23ClN2O3. The molecule has 1 aliphatic heterocycles. The number of hydrogen-bond acceptors (Lipinski definition) is 4. The van der Waals surface area contributed by atoms with E-state index < -0.39 is 0 Å². The number of morpholine rings is 1. The zero-order valence-electron chi connectivity index (χ0n) is 13.5. The number of anilines is 1. The Morgan fingerprint density at radius 3 is 2.64 bits per heavy atom. The number of rotatable bonds is 4.